The van der Waals surface area contributed by atoms with Crippen molar-refractivity contribution in [2.45, 2.75) is 24.8 Å². The van der Waals surface area contributed by atoms with Crippen molar-refractivity contribution in [1.29, 1.82) is 0 Å². The Labute approximate surface area is 166 Å². The molecule has 0 spiro atoms. The summed E-state index contributed by atoms with van der Waals surface area (Å²) in [5.41, 5.74) is 1.09. The molecule has 9 heteroatoms. The summed E-state index contributed by atoms with van der Waals surface area (Å²) in [6, 6.07) is 11.0. The lowest BCUT2D eigenvalue weighted by atomic mass is 10.2. The standard InChI is InChI=1S/C18H18ClN3O3S2/c1-11(2)22(3)27(24,25)14-7-4-12(5-8-14)17(23)21-18-20-15-9-6-13(19)10-16(15)26-18/h4-11H,1-3H3,(H,20,21,23). The van der Waals surface area contributed by atoms with Gasteiger partial charge in [0.1, 0.15) is 0 Å². The van der Waals surface area contributed by atoms with Crippen LogP contribution in [-0.2, 0) is 10.0 Å². The highest BCUT2D eigenvalue weighted by molar-refractivity contribution is 7.89. The molecule has 0 saturated carbocycles. The topological polar surface area (TPSA) is 79.4 Å². The van der Waals surface area contributed by atoms with Crippen molar-refractivity contribution < 1.29 is 13.2 Å². The summed E-state index contributed by atoms with van der Waals surface area (Å²) in [6.07, 6.45) is 0. The molecule has 0 aliphatic rings. The van der Waals surface area contributed by atoms with Gasteiger partial charge in [0.15, 0.2) is 5.13 Å². The smallest absolute Gasteiger partial charge is 0.257 e. The molecule has 1 aromatic heterocycles. The number of carbonyl (C=O) groups is 1. The molecule has 142 valence electrons. The number of amides is 1. The average molecular weight is 424 g/mol. The number of nitrogens with zero attached hydrogens (tertiary/aromatic N) is 2. The molecule has 1 N–H and O–H groups in total. The summed E-state index contributed by atoms with van der Waals surface area (Å²) in [6.45, 7) is 3.59. The zero-order valence-electron chi connectivity index (χ0n) is 14.9. The SMILES string of the molecule is CC(C)N(C)S(=O)(=O)c1ccc(C(=O)Nc2nc3ccc(Cl)cc3s2)cc1. The van der Waals surface area contributed by atoms with Gasteiger partial charge < -0.3 is 0 Å². The zero-order valence-corrected chi connectivity index (χ0v) is 17.3. The van der Waals surface area contributed by atoms with E-state index in [0.29, 0.717) is 15.7 Å². The van der Waals surface area contributed by atoms with Gasteiger partial charge in [-0.05, 0) is 56.3 Å². The highest BCUT2D eigenvalue weighted by atomic mass is 35.5. The molecule has 0 aliphatic carbocycles. The van der Waals surface area contributed by atoms with Crippen LogP contribution in [0.3, 0.4) is 0 Å². The summed E-state index contributed by atoms with van der Waals surface area (Å²) in [4.78, 5) is 16.9. The molecule has 0 radical (unpaired) electrons. The number of carbonyl (C=O) groups excluding carboxylic acids is 1. The molecule has 3 rings (SSSR count). The molecule has 1 heterocycles. The third kappa shape index (κ3) is 4.14. The molecule has 2 aromatic carbocycles. The molecular weight excluding hydrogens is 406 g/mol. The van der Waals surface area contributed by atoms with Crippen LogP contribution in [0.2, 0.25) is 5.02 Å². The molecule has 1 amide bonds. The summed E-state index contributed by atoms with van der Waals surface area (Å²) in [5.74, 6) is -0.360. The van der Waals surface area contributed by atoms with Crippen molar-refractivity contribution in [1.82, 2.24) is 9.29 Å². The van der Waals surface area contributed by atoms with E-state index in [4.69, 9.17) is 11.6 Å². The minimum absolute atomic E-state index is 0.143. The van der Waals surface area contributed by atoms with Crippen molar-refractivity contribution in [3.8, 4) is 0 Å². The van der Waals surface area contributed by atoms with Gasteiger partial charge in [-0.1, -0.05) is 22.9 Å². The summed E-state index contributed by atoms with van der Waals surface area (Å²) < 4.78 is 27.1. The van der Waals surface area contributed by atoms with Crippen molar-refractivity contribution in [3.05, 3.63) is 53.1 Å². The second-order valence-corrected chi connectivity index (χ2v) is 9.69. The summed E-state index contributed by atoms with van der Waals surface area (Å²) in [5, 5.41) is 3.79. The second-order valence-electron chi connectivity index (χ2n) is 6.22. The number of nitrogens with one attached hydrogen (secondary N) is 1. The summed E-state index contributed by atoms with van der Waals surface area (Å²) >= 11 is 7.28. The summed E-state index contributed by atoms with van der Waals surface area (Å²) in [7, 11) is -2.05. The van der Waals surface area contributed by atoms with E-state index >= 15 is 0 Å². The molecule has 3 aromatic rings. The minimum atomic E-state index is -3.58. The predicted octanol–water partition coefficient (Wildman–Crippen LogP) is 4.23. The first-order chi connectivity index (χ1) is 12.7. The Morgan fingerprint density at radius 3 is 2.48 bits per heavy atom. The minimum Gasteiger partial charge on any atom is -0.298 e. The predicted molar refractivity (Wildman–Crippen MR) is 109 cm³/mol. The number of benzene rings is 2. The number of hydrogen-bond donors (Lipinski definition) is 1. The fourth-order valence-electron chi connectivity index (χ4n) is 2.34. The maximum Gasteiger partial charge on any atom is 0.257 e. The van der Waals surface area contributed by atoms with Crippen LogP contribution in [-0.4, -0.2) is 36.7 Å². The van der Waals surface area contributed by atoms with Gasteiger partial charge in [-0.15, -0.1) is 0 Å². The largest absolute Gasteiger partial charge is 0.298 e. The van der Waals surface area contributed by atoms with E-state index in [1.54, 1.807) is 32.0 Å². The monoisotopic (exact) mass is 423 g/mol. The van der Waals surface area contributed by atoms with Crippen molar-refractivity contribution in [2.24, 2.45) is 0 Å². The molecule has 0 fully saturated rings. The molecule has 0 atom stereocenters. The maximum atomic E-state index is 12.5. The van der Waals surface area contributed by atoms with E-state index in [0.717, 1.165) is 10.2 Å². The van der Waals surface area contributed by atoms with Crippen LogP contribution in [0.1, 0.15) is 24.2 Å². The Morgan fingerprint density at radius 2 is 1.85 bits per heavy atom. The van der Waals surface area contributed by atoms with Crippen LogP contribution in [0.5, 0.6) is 0 Å². The van der Waals surface area contributed by atoms with E-state index in [2.05, 4.69) is 10.3 Å². The number of thiazole rings is 1. The van der Waals surface area contributed by atoms with Crippen LogP contribution in [0.15, 0.2) is 47.4 Å². The number of hydrogen-bond acceptors (Lipinski definition) is 5. The molecule has 6 nitrogen and oxygen atoms in total. The molecule has 0 unspecified atom stereocenters. The quantitative estimate of drug-likeness (QED) is 0.665. The van der Waals surface area contributed by atoms with Gasteiger partial charge in [0.05, 0.1) is 15.1 Å². The number of fused-ring (bicyclic) bond motifs is 1. The zero-order chi connectivity index (χ0) is 19.8. The van der Waals surface area contributed by atoms with Crippen LogP contribution in [0.25, 0.3) is 10.2 Å². The van der Waals surface area contributed by atoms with Gasteiger partial charge in [-0.3, -0.25) is 10.1 Å². The molecule has 0 bridgehead atoms. The van der Waals surface area contributed by atoms with Gasteiger partial charge in [0.2, 0.25) is 10.0 Å². The van der Waals surface area contributed by atoms with Gasteiger partial charge in [-0.25, -0.2) is 13.4 Å². The van der Waals surface area contributed by atoms with Gasteiger partial charge in [-0.2, -0.15) is 4.31 Å². The lowest BCUT2D eigenvalue weighted by Gasteiger charge is -2.20. The normalized spacial score (nSPS) is 12.1. The Hall–Kier alpha value is -2.00. The molecule has 0 saturated heterocycles. The van der Waals surface area contributed by atoms with Gasteiger partial charge >= 0.3 is 0 Å². The average Bonchev–Trinajstić information content (AvgIpc) is 3.02. The number of halogens is 1. The van der Waals surface area contributed by atoms with Crippen LogP contribution in [0.4, 0.5) is 5.13 Å². The number of sulfonamides is 1. The van der Waals surface area contributed by atoms with Crippen molar-refractivity contribution in [3.63, 3.8) is 0 Å². The Bertz CT molecular complexity index is 1090. The molecule has 27 heavy (non-hydrogen) atoms. The van der Waals surface area contributed by atoms with E-state index in [1.807, 2.05) is 0 Å². The first kappa shape index (κ1) is 19.8. The lowest BCUT2D eigenvalue weighted by Crippen LogP contribution is -2.33. The third-order valence-corrected chi connectivity index (χ3v) is 7.31. The van der Waals surface area contributed by atoms with Crippen molar-refractivity contribution in [2.75, 3.05) is 12.4 Å². The highest BCUT2D eigenvalue weighted by Crippen LogP contribution is 2.28. The maximum absolute atomic E-state index is 12.5. The van der Waals surface area contributed by atoms with Gasteiger partial charge in [0, 0.05) is 23.7 Å². The Morgan fingerprint density at radius 1 is 1.19 bits per heavy atom. The Kier molecular flexibility index (Phi) is 5.53. The van der Waals surface area contributed by atoms with E-state index in [9.17, 15) is 13.2 Å². The van der Waals surface area contributed by atoms with E-state index in [-0.39, 0.29) is 16.8 Å². The van der Waals surface area contributed by atoms with Crippen LogP contribution >= 0.6 is 22.9 Å². The Balaban J connectivity index is 1.79. The van der Waals surface area contributed by atoms with E-state index in [1.165, 1.54) is 47.0 Å². The molecule has 0 aliphatic heterocycles. The van der Waals surface area contributed by atoms with Crippen LogP contribution < -0.4 is 5.32 Å². The first-order valence-electron chi connectivity index (χ1n) is 8.14. The lowest BCUT2D eigenvalue weighted by molar-refractivity contribution is 0.102. The first-order valence-corrected chi connectivity index (χ1v) is 10.8. The third-order valence-electron chi connectivity index (χ3n) is 4.09. The fourth-order valence-corrected chi connectivity index (χ4v) is 4.85. The number of anilines is 1. The van der Waals surface area contributed by atoms with Gasteiger partial charge in [0.25, 0.3) is 5.91 Å². The second kappa shape index (κ2) is 7.55. The molecular formula is C18H18ClN3O3S2. The van der Waals surface area contributed by atoms with E-state index < -0.39 is 10.0 Å². The highest BCUT2D eigenvalue weighted by Gasteiger charge is 2.23. The number of rotatable bonds is 5. The van der Waals surface area contributed by atoms with Crippen LogP contribution in [0, 0.1) is 0 Å². The van der Waals surface area contributed by atoms with Crippen molar-refractivity contribution >= 4 is 54.2 Å². The fraction of sp³-hybridized carbons (Fsp3) is 0.222. The number of aromatic nitrogens is 1.